The van der Waals surface area contributed by atoms with Crippen molar-refractivity contribution in [3.05, 3.63) is 0 Å². The Morgan fingerprint density at radius 3 is 2.21 bits per heavy atom. The molecule has 0 aromatic heterocycles. The van der Waals surface area contributed by atoms with Gasteiger partial charge >= 0.3 is 0 Å². The monoisotopic (exact) mass is 270 g/mol. The van der Waals surface area contributed by atoms with E-state index in [0.717, 1.165) is 44.7 Å². The number of hydrogen-bond donors (Lipinski definition) is 1. The first-order chi connectivity index (χ1) is 9.17. The van der Waals surface area contributed by atoms with Gasteiger partial charge in [0.05, 0.1) is 13.2 Å². The average molecular weight is 270 g/mol. The SMILES string of the molecule is CCC(CC)CNCC(CC(C)C)N1CCOCC1. The van der Waals surface area contributed by atoms with Crippen molar-refractivity contribution in [2.75, 3.05) is 39.4 Å². The Balaban J connectivity index is 2.35. The fourth-order valence-corrected chi connectivity index (χ4v) is 2.88. The lowest BCUT2D eigenvalue weighted by Gasteiger charge is -2.36. The van der Waals surface area contributed by atoms with Crippen molar-refractivity contribution in [1.29, 1.82) is 0 Å². The van der Waals surface area contributed by atoms with Crippen LogP contribution in [0.2, 0.25) is 0 Å². The first kappa shape index (κ1) is 16.9. The molecule has 1 atom stereocenters. The van der Waals surface area contributed by atoms with Crippen molar-refractivity contribution < 1.29 is 4.74 Å². The Bertz CT molecular complexity index is 211. The third kappa shape index (κ3) is 6.73. The smallest absolute Gasteiger partial charge is 0.0594 e. The first-order valence-electron chi connectivity index (χ1n) is 8.19. The van der Waals surface area contributed by atoms with Gasteiger partial charge in [0.2, 0.25) is 0 Å². The van der Waals surface area contributed by atoms with E-state index in [4.69, 9.17) is 4.74 Å². The van der Waals surface area contributed by atoms with E-state index in [0.29, 0.717) is 6.04 Å². The van der Waals surface area contributed by atoms with Crippen LogP contribution >= 0.6 is 0 Å². The van der Waals surface area contributed by atoms with Crippen molar-refractivity contribution in [2.45, 2.75) is 53.0 Å². The van der Waals surface area contributed by atoms with Crippen LogP contribution in [0.5, 0.6) is 0 Å². The maximum absolute atomic E-state index is 5.47. The van der Waals surface area contributed by atoms with E-state index in [1.54, 1.807) is 0 Å². The van der Waals surface area contributed by atoms with Gasteiger partial charge in [-0.25, -0.2) is 0 Å². The van der Waals surface area contributed by atoms with Crippen LogP contribution in [0, 0.1) is 11.8 Å². The second kappa shape index (κ2) is 9.73. The highest BCUT2D eigenvalue weighted by molar-refractivity contribution is 4.77. The highest BCUT2D eigenvalue weighted by Gasteiger charge is 2.21. The van der Waals surface area contributed by atoms with E-state index in [1.807, 2.05) is 0 Å². The van der Waals surface area contributed by atoms with E-state index in [2.05, 4.69) is 37.9 Å². The van der Waals surface area contributed by atoms with Gasteiger partial charge in [-0.05, 0) is 24.8 Å². The molecule has 1 N–H and O–H groups in total. The van der Waals surface area contributed by atoms with Gasteiger partial charge in [0.25, 0.3) is 0 Å². The standard InChI is InChI=1S/C16H34N2O/c1-5-15(6-2)12-17-13-16(11-14(3)4)18-7-9-19-10-8-18/h14-17H,5-13H2,1-4H3. The molecule has 3 heteroatoms. The van der Waals surface area contributed by atoms with Crippen LogP contribution in [0.15, 0.2) is 0 Å². The number of morpholine rings is 1. The largest absolute Gasteiger partial charge is 0.379 e. The number of nitrogens with one attached hydrogen (secondary N) is 1. The fraction of sp³-hybridized carbons (Fsp3) is 1.00. The van der Waals surface area contributed by atoms with Crippen LogP contribution in [0.1, 0.15) is 47.0 Å². The normalized spacial score (nSPS) is 19.3. The van der Waals surface area contributed by atoms with E-state index >= 15 is 0 Å². The maximum atomic E-state index is 5.47. The number of nitrogens with zero attached hydrogens (tertiary/aromatic N) is 1. The molecular weight excluding hydrogens is 236 g/mol. The number of ether oxygens (including phenoxy) is 1. The minimum atomic E-state index is 0.679. The molecule has 1 unspecified atom stereocenters. The summed E-state index contributed by atoms with van der Waals surface area (Å²) in [7, 11) is 0. The van der Waals surface area contributed by atoms with Crippen LogP contribution in [-0.4, -0.2) is 50.3 Å². The van der Waals surface area contributed by atoms with Crippen LogP contribution in [0.25, 0.3) is 0 Å². The molecule has 3 nitrogen and oxygen atoms in total. The van der Waals surface area contributed by atoms with Gasteiger partial charge in [0.1, 0.15) is 0 Å². The lowest BCUT2D eigenvalue weighted by molar-refractivity contribution is 0.0122. The Labute approximate surface area is 120 Å². The number of hydrogen-bond acceptors (Lipinski definition) is 3. The minimum Gasteiger partial charge on any atom is -0.379 e. The summed E-state index contributed by atoms with van der Waals surface area (Å²) in [4.78, 5) is 2.61. The molecule has 0 radical (unpaired) electrons. The molecular formula is C16H34N2O. The summed E-state index contributed by atoms with van der Waals surface area (Å²) in [6.07, 6.45) is 3.86. The third-order valence-corrected chi connectivity index (χ3v) is 4.27. The molecule has 1 fully saturated rings. The summed E-state index contributed by atoms with van der Waals surface area (Å²) in [6, 6.07) is 0.679. The van der Waals surface area contributed by atoms with Gasteiger partial charge in [0, 0.05) is 25.7 Å². The van der Waals surface area contributed by atoms with Gasteiger partial charge in [0.15, 0.2) is 0 Å². The Kier molecular flexibility index (Phi) is 8.67. The Morgan fingerprint density at radius 1 is 1.05 bits per heavy atom. The van der Waals surface area contributed by atoms with Crippen molar-refractivity contribution in [2.24, 2.45) is 11.8 Å². The van der Waals surface area contributed by atoms with E-state index in [-0.39, 0.29) is 0 Å². The lowest BCUT2D eigenvalue weighted by atomic mass is 10.0. The minimum absolute atomic E-state index is 0.679. The van der Waals surface area contributed by atoms with Crippen molar-refractivity contribution >= 4 is 0 Å². The second-order valence-electron chi connectivity index (χ2n) is 6.27. The molecule has 1 rings (SSSR count). The average Bonchev–Trinajstić information content (AvgIpc) is 2.43. The molecule has 0 saturated carbocycles. The van der Waals surface area contributed by atoms with Crippen LogP contribution in [0.3, 0.4) is 0 Å². The molecule has 0 aliphatic carbocycles. The molecule has 1 aliphatic rings. The molecule has 0 bridgehead atoms. The summed E-state index contributed by atoms with van der Waals surface area (Å²) >= 11 is 0. The quantitative estimate of drug-likeness (QED) is 0.697. The zero-order valence-electron chi connectivity index (χ0n) is 13.5. The topological polar surface area (TPSA) is 24.5 Å². The molecule has 1 aliphatic heterocycles. The predicted molar refractivity (Wildman–Crippen MR) is 82.6 cm³/mol. The van der Waals surface area contributed by atoms with Gasteiger partial charge in [-0.2, -0.15) is 0 Å². The van der Waals surface area contributed by atoms with Gasteiger partial charge < -0.3 is 10.1 Å². The van der Waals surface area contributed by atoms with Crippen molar-refractivity contribution in [1.82, 2.24) is 10.2 Å². The van der Waals surface area contributed by atoms with Crippen LogP contribution in [0.4, 0.5) is 0 Å². The highest BCUT2D eigenvalue weighted by Crippen LogP contribution is 2.13. The van der Waals surface area contributed by atoms with Crippen molar-refractivity contribution in [3.63, 3.8) is 0 Å². The molecule has 0 aromatic rings. The molecule has 114 valence electrons. The zero-order chi connectivity index (χ0) is 14.1. The molecule has 0 spiro atoms. The second-order valence-corrected chi connectivity index (χ2v) is 6.27. The lowest BCUT2D eigenvalue weighted by Crippen LogP contribution is -2.48. The highest BCUT2D eigenvalue weighted by atomic mass is 16.5. The summed E-state index contributed by atoms with van der Waals surface area (Å²) in [5, 5.41) is 3.71. The van der Waals surface area contributed by atoms with E-state index < -0.39 is 0 Å². The van der Waals surface area contributed by atoms with Gasteiger partial charge in [-0.1, -0.05) is 40.5 Å². The summed E-state index contributed by atoms with van der Waals surface area (Å²) in [6.45, 7) is 15.6. The summed E-state index contributed by atoms with van der Waals surface area (Å²) < 4.78 is 5.47. The zero-order valence-corrected chi connectivity index (χ0v) is 13.5. The van der Waals surface area contributed by atoms with Crippen molar-refractivity contribution in [3.8, 4) is 0 Å². The molecule has 0 aromatic carbocycles. The van der Waals surface area contributed by atoms with Crippen LogP contribution in [-0.2, 0) is 4.74 Å². The Hall–Kier alpha value is -0.120. The third-order valence-electron chi connectivity index (χ3n) is 4.27. The van der Waals surface area contributed by atoms with Crippen LogP contribution < -0.4 is 5.32 Å². The fourth-order valence-electron chi connectivity index (χ4n) is 2.88. The number of rotatable bonds is 9. The Morgan fingerprint density at radius 2 is 1.68 bits per heavy atom. The summed E-state index contributed by atoms with van der Waals surface area (Å²) in [5.74, 6) is 1.60. The molecule has 1 heterocycles. The molecule has 19 heavy (non-hydrogen) atoms. The first-order valence-corrected chi connectivity index (χ1v) is 8.19. The molecule has 0 amide bonds. The van der Waals surface area contributed by atoms with E-state index in [9.17, 15) is 0 Å². The van der Waals surface area contributed by atoms with E-state index in [1.165, 1.54) is 25.8 Å². The summed E-state index contributed by atoms with van der Waals surface area (Å²) in [5.41, 5.74) is 0. The van der Waals surface area contributed by atoms with Gasteiger partial charge in [-0.15, -0.1) is 0 Å². The maximum Gasteiger partial charge on any atom is 0.0594 e. The molecule has 1 saturated heterocycles. The van der Waals surface area contributed by atoms with Gasteiger partial charge in [-0.3, -0.25) is 4.90 Å². The predicted octanol–water partition coefficient (Wildman–Crippen LogP) is 2.76.